The van der Waals surface area contributed by atoms with Crippen LogP contribution >= 0.6 is 0 Å². The summed E-state index contributed by atoms with van der Waals surface area (Å²) in [6.45, 7) is 21.7. The van der Waals surface area contributed by atoms with Crippen molar-refractivity contribution in [2.45, 2.75) is 98.0 Å². The van der Waals surface area contributed by atoms with Crippen LogP contribution in [0.4, 0.5) is 5.95 Å². The van der Waals surface area contributed by atoms with E-state index in [0.717, 1.165) is 34.8 Å². The van der Waals surface area contributed by atoms with E-state index in [4.69, 9.17) is 23.8 Å². The van der Waals surface area contributed by atoms with Gasteiger partial charge < -0.3 is 14.2 Å². The Morgan fingerprint density at radius 1 is 1.03 bits per heavy atom. The smallest absolute Gasteiger partial charge is 0.227 e. The third-order valence-electron chi connectivity index (χ3n) is 7.03. The molecule has 0 bridgehead atoms. The van der Waals surface area contributed by atoms with E-state index in [1.807, 2.05) is 25.3 Å². The molecule has 1 atom stereocenters. The number of rotatable bonds is 8. The lowest BCUT2D eigenvalue weighted by molar-refractivity contribution is 0.174. The molecule has 0 aliphatic carbocycles. The van der Waals surface area contributed by atoms with Crippen molar-refractivity contribution in [3.63, 3.8) is 0 Å². The van der Waals surface area contributed by atoms with E-state index < -0.39 is 8.32 Å². The standard InChI is InChI=1S/C29H42N6O2Si/c1-11-23(37-38(9,10)29(6,7)8)22-14-12-13-21(31-22)17-20-18-30-35-25(20)32-27(34-28(3,4)5)33-26(35)24-16-15-19(2)36-24/h12-16,18,23H,11,17H2,1-10H3,(H,32,34). The molecule has 1 unspecified atom stereocenters. The van der Waals surface area contributed by atoms with E-state index >= 15 is 0 Å². The topological polar surface area (TPSA) is 90.4 Å². The van der Waals surface area contributed by atoms with E-state index in [9.17, 15) is 0 Å². The van der Waals surface area contributed by atoms with Crippen LogP contribution in [0.2, 0.25) is 18.1 Å². The average Bonchev–Trinajstić information content (AvgIpc) is 3.41. The van der Waals surface area contributed by atoms with Gasteiger partial charge in [-0.15, -0.1) is 0 Å². The van der Waals surface area contributed by atoms with E-state index in [1.54, 1.807) is 4.52 Å². The van der Waals surface area contributed by atoms with E-state index in [2.05, 4.69) is 90.2 Å². The minimum Gasteiger partial charge on any atom is -0.458 e. The van der Waals surface area contributed by atoms with Crippen LogP contribution < -0.4 is 5.32 Å². The number of nitrogens with one attached hydrogen (secondary N) is 1. The molecule has 0 fully saturated rings. The highest BCUT2D eigenvalue weighted by atomic mass is 28.4. The lowest BCUT2D eigenvalue weighted by Gasteiger charge is -2.39. The fourth-order valence-corrected chi connectivity index (χ4v) is 5.36. The number of pyridine rings is 1. The molecule has 0 amide bonds. The molecule has 4 aromatic rings. The third kappa shape index (κ3) is 6.15. The first kappa shape index (κ1) is 28.0. The first-order chi connectivity index (χ1) is 17.7. The van der Waals surface area contributed by atoms with Crippen LogP contribution in [0, 0.1) is 6.92 Å². The van der Waals surface area contributed by atoms with Gasteiger partial charge in [0.1, 0.15) is 5.76 Å². The third-order valence-corrected chi connectivity index (χ3v) is 11.5. The first-order valence-electron chi connectivity index (χ1n) is 13.4. The summed E-state index contributed by atoms with van der Waals surface area (Å²) in [5.41, 5.74) is 3.42. The number of furan rings is 1. The van der Waals surface area contributed by atoms with E-state index in [-0.39, 0.29) is 16.7 Å². The zero-order valence-corrected chi connectivity index (χ0v) is 25.5. The molecule has 9 heteroatoms. The molecule has 0 aliphatic heterocycles. The van der Waals surface area contributed by atoms with Gasteiger partial charge in [0.2, 0.25) is 11.8 Å². The molecule has 0 radical (unpaired) electrons. The minimum atomic E-state index is -1.94. The summed E-state index contributed by atoms with van der Waals surface area (Å²) in [6.07, 6.45) is 3.29. The molecule has 0 spiro atoms. The van der Waals surface area contributed by atoms with Crippen LogP contribution in [0.1, 0.15) is 83.7 Å². The summed E-state index contributed by atoms with van der Waals surface area (Å²) in [4.78, 5) is 14.6. The normalized spacial score (nSPS) is 13.7. The number of anilines is 1. The second-order valence-electron chi connectivity index (χ2n) is 12.6. The highest BCUT2D eigenvalue weighted by Gasteiger charge is 2.39. The maximum absolute atomic E-state index is 6.75. The molecule has 0 saturated carbocycles. The lowest BCUT2D eigenvalue weighted by Crippen LogP contribution is -2.41. The molecule has 4 heterocycles. The maximum Gasteiger partial charge on any atom is 0.227 e. The van der Waals surface area contributed by atoms with Crippen molar-refractivity contribution >= 4 is 19.9 Å². The molecule has 0 aromatic carbocycles. The summed E-state index contributed by atoms with van der Waals surface area (Å²) in [5, 5.41) is 8.18. The predicted octanol–water partition coefficient (Wildman–Crippen LogP) is 7.36. The van der Waals surface area contributed by atoms with Gasteiger partial charge in [-0.05, 0) is 76.5 Å². The molecular formula is C29H42N6O2Si. The Labute approximate surface area is 227 Å². The Morgan fingerprint density at radius 3 is 2.37 bits per heavy atom. The average molecular weight is 535 g/mol. The van der Waals surface area contributed by atoms with Crippen LogP contribution in [-0.4, -0.2) is 38.4 Å². The number of hydrogen-bond donors (Lipinski definition) is 1. The SMILES string of the molecule is CCC(O[Si](C)(C)C(C)(C)C)c1cccc(Cc2cnn3c(-c4ccc(C)o4)nc(NC(C)(C)C)nc23)n1. The van der Waals surface area contributed by atoms with Gasteiger partial charge in [-0.25, -0.2) is 0 Å². The summed E-state index contributed by atoms with van der Waals surface area (Å²) in [5.74, 6) is 2.61. The van der Waals surface area contributed by atoms with Crippen LogP contribution in [0.3, 0.4) is 0 Å². The van der Waals surface area contributed by atoms with Crippen LogP contribution in [-0.2, 0) is 10.8 Å². The van der Waals surface area contributed by atoms with Crippen LogP contribution in [0.5, 0.6) is 0 Å². The number of nitrogens with zero attached hydrogens (tertiary/aromatic N) is 5. The summed E-state index contributed by atoms with van der Waals surface area (Å²) < 4.78 is 14.4. The largest absolute Gasteiger partial charge is 0.458 e. The van der Waals surface area contributed by atoms with E-state index in [0.29, 0.717) is 24.0 Å². The fourth-order valence-electron chi connectivity index (χ4n) is 4.01. The highest BCUT2D eigenvalue weighted by Crippen LogP contribution is 2.40. The zero-order valence-electron chi connectivity index (χ0n) is 24.5. The van der Waals surface area contributed by atoms with Crippen LogP contribution in [0.25, 0.3) is 17.2 Å². The molecule has 38 heavy (non-hydrogen) atoms. The van der Waals surface area contributed by atoms with Gasteiger partial charge in [0.05, 0.1) is 18.0 Å². The lowest BCUT2D eigenvalue weighted by atomic mass is 10.1. The summed E-state index contributed by atoms with van der Waals surface area (Å²) in [7, 11) is -1.94. The van der Waals surface area contributed by atoms with Crippen molar-refractivity contribution < 1.29 is 8.84 Å². The minimum absolute atomic E-state index is 0.0292. The monoisotopic (exact) mass is 534 g/mol. The predicted molar refractivity (Wildman–Crippen MR) is 155 cm³/mol. The Hall–Kier alpha value is -3.04. The fraction of sp³-hybridized carbons (Fsp3) is 0.517. The van der Waals surface area contributed by atoms with Crippen molar-refractivity contribution in [3.8, 4) is 11.6 Å². The van der Waals surface area contributed by atoms with E-state index in [1.165, 1.54) is 0 Å². The van der Waals surface area contributed by atoms with Gasteiger partial charge in [0, 0.05) is 23.2 Å². The Bertz CT molecular complexity index is 1410. The van der Waals surface area contributed by atoms with Gasteiger partial charge in [0.15, 0.2) is 19.7 Å². The number of hydrogen-bond acceptors (Lipinski definition) is 7. The van der Waals surface area contributed by atoms with Gasteiger partial charge >= 0.3 is 0 Å². The van der Waals surface area contributed by atoms with Gasteiger partial charge in [-0.1, -0.05) is 33.8 Å². The number of fused-ring (bicyclic) bond motifs is 1. The molecule has 8 nitrogen and oxygen atoms in total. The van der Waals surface area contributed by atoms with Crippen LogP contribution in [0.15, 0.2) is 40.9 Å². The summed E-state index contributed by atoms with van der Waals surface area (Å²) >= 11 is 0. The van der Waals surface area contributed by atoms with Crippen molar-refractivity contribution in [3.05, 3.63) is 59.2 Å². The molecule has 4 aromatic heterocycles. The maximum atomic E-state index is 6.75. The van der Waals surface area contributed by atoms with Crippen molar-refractivity contribution in [2.75, 3.05) is 5.32 Å². The van der Waals surface area contributed by atoms with Gasteiger partial charge in [0.25, 0.3) is 0 Å². The van der Waals surface area contributed by atoms with Crippen molar-refractivity contribution in [1.29, 1.82) is 0 Å². The Kier molecular flexibility index (Phi) is 7.55. The molecule has 4 rings (SSSR count). The zero-order chi connectivity index (χ0) is 27.9. The van der Waals surface area contributed by atoms with Crippen molar-refractivity contribution in [1.82, 2.24) is 24.6 Å². The number of aromatic nitrogens is 5. The van der Waals surface area contributed by atoms with Crippen molar-refractivity contribution in [2.24, 2.45) is 0 Å². The quantitative estimate of drug-likeness (QED) is 0.236. The molecular weight excluding hydrogens is 492 g/mol. The number of aryl methyl sites for hydroxylation is 1. The second kappa shape index (κ2) is 10.3. The van der Waals surface area contributed by atoms with Gasteiger partial charge in [-0.3, -0.25) is 4.98 Å². The molecule has 0 aliphatic rings. The Balaban J connectivity index is 1.70. The summed E-state index contributed by atoms with van der Waals surface area (Å²) in [6, 6.07) is 10.0. The Morgan fingerprint density at radius 2 is 1.76 bits per heavy atom. The molecule has 1 N–H and O–H groups in total. The second-order valence-corrected chi connectivity index (χ2v) is 17.3. The molecule has 204 valence electrons. The highest BCUT2D eigenvalue weighted by molar-refractivity contribution is 6.74. The van der Waals surface area contributed by atoms with Gasteiger partial charge in [-0.2, -0.15) is 19.6 Å². The molecule has 0 saturated heterocycles. The first-order valence-corrected chi connectivity index (χ1v) is 16.3.